The monoisotopic (exact) mass is 497 g/mol. The minimum absolute atomic E-state index is 0.0967. The van der Waals surface area contributed by atoms with E-state index in [0.717, 1.165) is 28.4 Å². The van der Waals surface area contributed by atoms with E-state index >= 15 is 0 Å². The SMILES string of the molecule is Cc1cc(/C(O)=C2/C(=O)C(=O)N(CC3CCCO3)C2c2ccc(C(C)C)cc2)ccc1Br. The standard InChI is InChI=1S/C26H28BrNO4/c1-15(2)17-6-8-18(9-7-17)23-22(24(29)19-10-11-21(27)16(3)13-19)25(30)26(31)28(23)14-20-5-4-12-32-20/h6-11,13,15,20,23,29H,4-5,12,14H2,1-3H3/b24-22-. The third-order valence-corrected chi connectivity index (χ3v) is 7.20. The summed E-state index contributed by atoms with van der Waals surface area (Å²) in [7, 11) is 0. The molecule has 2 aromatic rings. The van der Waals surface area contributed by atoms with Crippen molar-refractivity contribution in [2.24, 2.45) is 0 Å². The topological polar surface area (TPSA) is 66.8 Å². The van der Waals surface area contributed by atoms with Crippen LogP contribution in [0.15, 0.2) is 52.5 Å². The van der Waals surface area contributed by atoms with Gasteiger partial charge in [-0.05, 0) is 54.5 Å². The van der Waals surface area contributed by atoms with E-state index in [-0.39, 0.29) is 17.4 Å². The van der Waals surface area contributed by atoms with Crippen molar-refractivity contribution in [3.8, 4) is 0 Å². The molecule has 1 N–H and O–H groups in total. The normalized spacial score (nSPS) is 22.8. The van der Waals surface area contributed by atoms with Crippen molar-refractivity contribution in [3.63, 3.8) is 0 Å². The van der Waals surface area contributed by atoms with E-state index in [2.05, 4.69) is 29.8 Å². The van der Waals surface area contributed by atoms with Gasteiger partial charge in [-0.3, -0.25) is 9.59 Å². The van der Waals surface area contributed by atoms with E-state index in [4.69, 9.17) is 4.74 Å². The average Bonchev–Trinajstić information content (AvgIpc) is 3.37. The molecule has 2 atom stereocenters. The highest BCUT2D eigenvalue weighted by Crippen LogP contribution is 2.40. The first-order valence-corrected chi connectivity index (χ1v) is 11.8. The molecule has 0 aromatic heterocycles. The van der Waals surface area contributed by atoms with Crippen molar-refractivity contribution in [1.82, 2.24) is 4.90 Å². The molecule has 168 valence electrons. The van der Waals surface area contributed by atoms with E-state index in [1.165, 1.54) is 5.56 Å². The number of carbonyl (C=O) groups is 2. The number of nitrogens with zero attached hydrogens (tertiary/aromatic N) is 1. The minimum atomic E-state index is -0.654. The van der Waals surface area contributed by atoms with Crippen LogP contribution in [0.5, 0.6) is 0 Å². The average molecular weight is 498 g/mol. The van der Waals surface area contributed by atoms with Gasteiger partial charge < -0.3 is 14.7 Å². The molecule has 0 aliphatic carbocycles. The molecular formula is C26H28BrNO4. The number of aliphatic hydroxyl groups is 1. The Bertz CT molecular complexity index is 1070. The zero-order chi connectivity index (χ0) is 23.0. The van der Waals surface area contributed by atoms with Gasteiger partial charge in [0.1, 0.15) is 5.76 Å². The van der Waals surface area contributed by atoms with Crippen molar-refractivity contribution >= 4 is 33.4 Å². The first-order chi connectivity index (χ1) is 15.3. The third-order valence-electron chi connectivity index (χ3n) is 6.31. The lowest BCUT2D eigenvalue weighted by molar-refractivity contribution is -0.140. The fourth-order valence-electron chi connectivity index (χ4n) is 4.43. The number of rotatable bonds is 5. The smallest absolute Gasteiger partial charge is 0.295 e. The van der Waals surface area contributed by atoms with Crippen molar-refractivity contribution in [2.45, 2.75) is 51.7 Å². The zero-order valence-corrected chi connectivity index (χ0v) is 20.2. The minimum Gasteiger partial charge on any atom is -0.507 e. The molecule has 5 nitrogen and oxygen atoms in total. The van der Waals surface area contributed by atoms with Crippen LogP contribution in [-0.2, 0) is 14.3 Å². The first kappa shape index (κ1) is 22.7. The molecule has 1 amide bonds. The van der Waals surface area contributed by atoms with E-state index < -0.39 is 17.7 Å². The summed E-state index contributed by atoms with van der Waals surface area (Å²) in [5, 5.41) is 11.2. The van der Waals surface area contributed by atoms with Gasteiger partial charge in [-0.15, -0.1) is 0 Å². The van der Waals surface area contributed by atoms with E-state index in [1.54, 1.807) is 11.0 Å². The summed E-state index contributed by atoms with van der Waals surface area (Å²) in [6, 6.07) is 12.7. The Morgan fingerprint density at radius 2 is 1.91 bits per heavy atom. The highest BCUT2D eigenvalue weighted by atomic mass is 79.9. The van der Waals surface area contributed by atoms with Gasteiger partial charge >= 0.3 is 0 Å². The van der Waals surface area contributed by atoms with Crippen LogP contribution >= 0.6 is 15.9 Å². The lowest BCUT2D eigenvalue weighted by atomic mass is 9.93. The fourth-order valence-corrected chi connectivity index (χ4v) is 4.68. The molecule has 6 heteroatoms. The Kier molecular flexibility index (Phi) is 6.54. The molecule has 32 heavy (non-hydrogen) atoms. The third kappa shape index (κ3) is 4.26. The number of aliphatic hydroxyl groups excluding tert-OH is 1. The number of aryl methyl sites for hydroxylation is 1. The quantitative estimate of drug-likeness (QED) is 0.337. The summed E-state index contributed by atoms with van der Waals surface area (Å²) in [5.41, 5.74) is 3.56. The number of halogens is 1. The van der Waals surface area contributed by atoms with Gasteiger partial charge in [0, 0.05) is 23.2 Å². The Hall–Kier alpha value is -2.44. The van der Waals surface area contributed by atoms with Gasteiger partial charge in [0.25, 0.3) is 11.7 Å². The molecule has 2 aliphatic rings. The zero-order valence-electron chi connectivity index (χ0n) is 18.6. The number of carbonyl (C=O) groups excluding carboxylic acids is 2. The molecule has 2 aliphatic heterocycles. The molecule has 2 saturated heterocycles. The van der Waals surface area contributed by atoms with E-state index in [1.807, 2.05) is 43.3 Å². The van der Waals surface area contributed by atoms with Crippen molar-refractivity contribution in [2.75, 3.05) is 13.2 Å². The summed E-state index contributed by atoms with van der Waals surface area (Å²) < 4.78 is 6.66. The van der Waals surface area contributed by atoms with Gasteiger partial charge in [-0.1, -0.05) is 60.1 Å². The predicted octanol–water partition coefficient (Wildman–Crippen LogP) is 5.48. The van der Waals surface area contributed by atoms with Crippen LogP contribution < -0.4 is 0 Å². The molecule has 4 rings (SSSR count). The second-order valence-electron chi connectivity index (χ2n) is 8.87. The number of Topliss-reactive ketones (excluding diaryl/α,β-unsaturated/α-hetero) is 1. The largest absolute Gasteiger partial charge is 0.507 e. The molecule has 2 unspecified atom stereocenters. The van der Waals surface area contributed by atoms with Crippen molar-refractivity contribution in [1.29, 1.82) is 0 Å². The second kappa shape index (κ2) is 9.20. The van der Waals surface area contributed by atoms with E-state index in [9.17, 15) is 14.7 Å². The molecule has 0 bridgehead atoms. The highest BCUT2D eigenvalue weighted by molar-refractivity contribution is 9.10. The molecule has 2 fully saturated rings. The van der Waals surface area contributed by atoms with Crippen LogP contribution in [0.4, 0.5) is 0 Å². The molecule has 0 saturated carbocycles. The second-order valence-corrected chi connectivity index (χ2v) is 9.73. The molecule has 0 spiro atoms. The molecule has 2 heterocycles. The molecule has 0 radical (unpaired) electrons. The maximum absolute atomic E-state index is 13.2. The van der Waals surface area contributed by atoms with Gasteiger partial charge in [0.05, 0.1) is 17.7 Å². The molecule has 2 aromatic carbocycles. The Morgan fingerprint density at radius 1 is 1.19 bits per heavy atom. The predicted molar refractivity (Wildman–Crippen MR) is 127 cm³/mol. The number of hydrogen-bond acceptors (Lipinski definition) is 4. The maximum Gasteiger partial charge on any atom is 0.295 e. The van der Waals surface area contributed by atoms with Gasteiger partial charge in [0.2, 0.25) is 0 Å². The van der Waals surface area contributed by atoms with Gasteiger partial charge in [0.15, 0.2) is 0 Å². The maximum atomic E-state index is 13.2. The lowest BCUT2D eigenvalue weighted by Crippen LogP contribution is -2.36. The highest BCUT2D eigenvalue weighted by Gasteiger charge is 2.47. The van der Waals surface area contributed by atoms with Crippen LogP contribution in [0, 0.1) is 6.92 Å². The number of amides is 1. The van der Waals surface area contributed by atoms with Crippen molar-refractivity contribution in [3.05, 3.63) is 74.8 Å². The fraction of sp³-hybridized carbons (Fsp3) is 0.385. The van der Waals surface area contributed by atoms with Crippen LogP contribution in [0.2, 0.25) is 0 Å². The number of ether oxygens (including phenoxy) is 1. The van der Waals surface area contributed by atoms with Gasteiger partial charge in [-0.25, -0.2) is 0 Å². The Labute approximate surface area is 197 Å². The summed E-state index contributed by atoms with van der Waals surface area (Å²) in [5.74, 6) is -1.02. The lowest BCUT2D eigenvalue weighted by Gasteiger charge is -2.27. The first-order valence-electron chi connectivity index (χ1n) is 11.0. The van der Waals surface area contributed by atoms with Crippen LogP contribution in [-0.4, -0.2) is 41.0 Å². The number of ketones is 1. The summed E-state index contributed by atoms with van der Waals surface area (Å²) >= 11 is 3.47. The number of benzene rings is 2. The number of likely N-dealkylation sites (tertiary alicyclic amines) is 1. The molecular weight excluding hydrogens is 470 g/mol. The van der Waals surface area contributed by atoms with Gasteiger partial charge in [-0.2, -0.15) is 0 Å². The van der Waals surface area contributed by atoms with E-state index in [0.29, 0.717) is 24.6 Å². The Balaban J connectivity index is 1.82. The number of hydrogen-bond donors (Lipinski definition) is 1. The summed E-state index contributed by atoms with van der Waals surface area (Å²) in [6.07, 6.45) is 1.70. The van der Waals surface area contributed by atoms with Crippen molar-refractivity contribution < 1.29 is 19.4 Å². The summed E-state index contributed by atoms with van der Waals surface area (Å²) in [4.78, 5) is 27.8. The van der Waals surface area contributed by atoms with Crippen LogP contribution in [0.25, 0.3) is 5.76 Å². The summed E-state index contributed by atoms with van der Waals surface area (Å²) in [6.45, 7) is 7.15. The van der Waals surface area contributed by atoms with Crippen LogP contribution in [0.1, 0.15) is 60.9 Å². The Morgan fingerprint density at radius 3 is 2.50 bits per heavy atom. The van der Waals surface area contributed by atoms with Crippen LogP contribution in [0.3, 0.4) is 0 Å².